The second kappa shape index (κ2) is 5.08. The van der Waals surface area contributed by atoms with E-state index in [1.54, 1.807) is 0 Å². The monoisotopic (exact) mass is 225 g/mol. The Bertz CT molecular complexity index is 212. The Kier molecular flexibility index (Phi) is 4.45. The average molecular weight is 225 g/mol. The highest BCUT2D eigenvalue weighted by atomic mass is 14.8. The maximum absolute atomic E-state index is 6.85. The summed E-state index contributed by atoms with van der Waals surface area (Å²) in [5.74, 6) is 1.40. The van der Waals surface area contributed by atoms with Crippen molar-refractivity contribution >= 4 is 0 Å². The molecule has 2 N–H and O–H groups in total. The maximum atomic E-state index is 6.85. The Hall–Kier alpha value is -0.0400. The molecule has 0 aromatic rings. The van der Waals surface area contributed by atoms with Gasteiger partial charge in [-0.1, -0.05) is 60.3 Å². The van der Waals surface area contributed by atoms with E-state index in [2.05, 4.69) is 34.6 Å². The predicted molar refractivity (Wildman–Crippen MR) is 72.4 cm³/mol. The van der Waals surface area contributed by atoms with Crippen LogP contribution in [0.15, 0.2) is 0 Å². The minimum Gasteiger partial charge on any atom is -0.325 e. The van der Waals surface area contributed by atoms with Gasteiger partial charge in [-0.15, -0.1) is 0 Å². The number of rotatable bonds is 3. The highest BCUT2D eigenvalue weighted by Crippen LogP contribution is 2.47. The van der Waals surface area contributed by atoms with E-state index in [4.69, 9.17) is 5.73 Å². The van der Waals surface area contributed by atoms with Crippen molar-refractivity contribution in [1.82, 2.24) is 0 Å². The standard InChI is InChI=1S/C15H31N/c1-6-12(7-2)15(16)11-9-8-10-13(15)14(3,4)5/h12-13H,6-11,16H2,1-5H3. The van der Waals surface area contributed by atoms with Gasteiger partial charge in [-0.3, -0.25) is 0 Å². The molecule has 0 amide bonds. The lowest BCUT2D eigenvalue weighted by Crippen LogP contribution is -2.58. The van der Waals surface area contributed by atoms with Gasteiger partial charge in [0, 0.05) is 5.54 Å². The SMILES string of the molecule is CCC(CC)C1(N)CCCCC1C(C)(C)C. The van der Waals surface area contributed by atoms with Crippen molar-refractivity contribution in [2.75, 3.05) is 0 Å². The summed E-state index contributed by atoms with van der Waals surface area (Å²) in [5, 5.41) is 0. The van der Waals surface area contributed by atoms with E-state index in [0.29, 0.717) is 17.3 Å². The van der Waals surface area contributed by atoms with Gasteiger partial charge in [0.25, 0.3) is 0 Å². The molecule has 0 bridgehead atoms. The first kappa shape index (κ1) is 14.0. The third-order valence-electron chi connectivity index (χ3n) is 4.79. The molecule has 1 aliphatic rings. The number of hydrogen-bond donors (Lipinski definition) is 1. The first-order valence-corrected chi connectivity index (χ1v) is 7.15. The minimum absolute atomic E-state index is 0.0972. The second-order valence-electron chi connectivity index (χ2n) is 6.79. The molecule has 1 aliphatic carbocycles. The van der Waals surface area contributed by atoms with Gasteiger partial charge in [0.05, 0.1) is 0 Å². The maximum Gasteiger partial charge on any atom is 0.0216 e. The Labute approximate surface area is 102 Å². The molecule has 0 spiro atoms. The Morgan fingerprint density at radius 3 is 2.19 bits per heavy atom. The molecule has 16 heavy (non-hydrogen) atoms. The van der Waals surface area contributed by atoms with E-state index >= 15 is 0 Å². The van der Waals surface area contributed by atoms with Crippen molar-refractivity contribution in [3.63, 3.8) is 0 Å². The van der Waals surface area contributed by atoms with Crippen LogP contribution in [0.1, 0.15) is 73.1 Å². The number of hydrogen-bond acceptors (Lipinski definition) is 1. The van der Waals surface area contributed by atoms with Crippen LogP contribution < -0.4 is 5.73 Å². The zero-order valence-corrected chi connectivity index (χ0v) is 12.0. The van der Waals surface area contributed by atoms with Gasteiger partial charge in [0.1, 0.15) is 0 Å². The molecule has 1 nitrogen and oxygen atoms in total. The molecule has 1 fully saturated rings. The fourth-order valence-corrected chi connectivity index (χ4v) is 4.00. The van der Waals surface area contributed by atoms with E-state index in [1.807, 2.05) is 0 Å². The highest BCUT2D eigenvalue weighted by molar-refractivity contribution is 5.02. The van der Waals surface area contributed by atoms with Crippen LogP contribution in [-0.2, 0) is 0 Å². The van der Waals surface area contributed by atoms with E-state index < -0.39 is 0 Å². The topological polar surface area (TPSA) is 26.0 Å². The fourth-order valence-electron chi connectivity index (χ4n) is 4.00. The molecular weight excluding hydrogens is 194 g/mol. The first-order chi connectivity index (χ1) is 7.36. The molecule has 1 rings (SSSR count). The lowest BCUT2D eigenvalue weighted by molar-refractivity contribution is 0.0326. The quantitative estimate of drug-likeness (QED) is 0.759. The van der Waals surface area contributed by atoms with Crippen molar-refractivity contribution in [1.29, 1.82) is 0 Å². The third kappa shape index (κ3) is 2.61. The highest BCUT2D eigenvalue weighted by Gasteiger charge is 2.46. The molecule has 0 saturated heterocycles. The number of nitrogens with two attached hydrogens (primary N) is 1. The molecule has 96 valence electrons. The van der Waals surface area contributed by atoms with Crippen molar-refractivity contribution < 1.29 is 0 Å². The summed E-state index contributed by atoms with van der Waals surface area (Å²) < 4.78 is 0. The fraction of sp³-hybridized carbons (Fsp3) is 1.00. The van der Waals surface area contributed by atoms with E-state index in [-0.39, 0.29) is 5.54 Å². The largest absolute Gasteiger partial charge is 0.325 e. The first-order valence-electron chi connectivity index (χ1n) is 7.15. The van der Waals surface area contributed by atoms with Gasteiger partial charge in [-0.2, -0.15) is 0 Å². The van der Waals surface area contributed by atoms with Crippen molar-refractivity contribution in [3.05, 3.63) is 0 Å². The molecular formula is C15H31N. The average Bonchev–Trinajstić information content (AvgIpc) is 2.18. The normalized spacial score (nSPS) is 32.1. The van der Waals surface area contributed by atoms with Gasteiger partial charge in [-0.25, -0.2) is 0 Å². The molecule has 0 radical (unpaired) electrons. The molecule has 2 unspecified atom stereocenters. The Balaban J connectivity index is 2.95. The van der Waals surface area contributed by atoms with Gasteiger partial charge in [0.2, 0.25) is 0 Å². The van der Waals surface area contributed by atoms with Crippen LogP contribution in [0.2, 0.25) is 0 Å². The summed E-state index contributed by atoms with van der Waals surface area (Å²) in [5.41, 5.74) is 7.31. The summed E-state index contributed by atoms with van der Waals surface area (Å²) in [6, 6.07) is 0. The van der Waals surface area contributed by atoms with E-state index in [9.17, 15) is 0 Å². The summed E-state index contributed by atoms with van der Waals surface area (Å²) in [6.07, 6.45) is 7.75. The minimum atomic E-state index is 0.0972. The van der Waals surface area contributed by atoms with E-state index in [0.717, 1.165) is 0 Å². The molecule has 1 saturated carbocycles. The summed E-state index contributed by atoms with van der Waals surface area (Å²) in [6.45, 7) is 11.7. The van der Waals surface area contributed by atoms with Crippen LogP contribution in [-0.4, -0.2) is 5.54 Å². The lowest BCUT2D eigenvalue weighted by atomic mass is 9.57. The van der Waals surface area contributed by atoms with Gasteiger partial charge in [-0.05, 0) is 30.1 Å². The van der Waals surface area contributed by atoms with Crippen LogP contribution in [0.4, 0.5) is 0 Å². The lowest BCUT2D eigenvalue weighted by Gasteiger charge is -2.52. The van der Waals surface area contributed by atoms with Gasteiger partial charge >= 0.3 is 0 Å². The van der Waals surface area contributed by atoms with Crippen molar-refractivity contribution in [3.8, 4) is 0 Å². The van der Waals surface area contributed by atoms with Crippen LogP contribution in [0.25, 0.3) is 0 Å². The Morgan fingerprint density at radius 2 is 1.75 bits per heavy atom. The van der Waals surface area contributed by atoms with Crippen molar-refractivity contribution in [2.24, 2.45) is 23.0 Å². The molecule has 2 atom stereocenters. The summed E-state index contributed by atoms with van der Waals surface area (Å²) in [7, 11) is 0. The summed E-state index contributed by atoms with van der Waals surface area (Å²) >= 11 is 0. The van der Waals surface area contributed by atoms with Crippen LogP contribution in [0.5, 0.6) is 0 Å². The van der Waals surface area contributed by atoms with Crippen molar-refractivity contribution in [2.45, 2.75) is 78.7 Å². The molecule has 0 aromatic carbocycles. The molecule has 0 heterocycles. The zero-order valence-electron chi connectivity index (χ0n) is 12.0. The van der Waals surface area contributed by atoms with Gasteiger partial charge in [0.15, 0.2) is 0 Å². The molecule has 0 aliphatic heterocycles. The summed E-state index contributed by atoms with van der Waals surface area (Å²) in [4.78, 5) is 0. The van der Waals surface area contributed by atoms with Crippen LogP contribution in [0, 0.1) is 17.3 Å². The Morgan fingerprint density at radius 1 is 1.19 bits per heavy atom. The predicted octanol–water partition coefficient (Wildman–Crippen LogP) is 4.36. The van der Waals surface area contributed by atoms with E-state index in [1.165, 1.54) is 38.5 Å². The van der Waals surface area contributed by atoms with Crippen LogP contribution in [0.3, 0.4) is 0 Å². The zero-order chi connectivity index (χ0) is 12.4. The third-order valence-corrected chi connectivity index (χ3v) is 4.79. The smallest absolute Gasteiger partial charge is 0.0216 e. The molecule has 0 aromatic heterocycles. The van der Waals surface area contributed by atoms with Gasteiger partial charge < -0.3 is 5.73 Å². The second-order valence-corrected chi connectivity index (χ2v) is 6.79. The van der Waals surface area contributed by atoms with Crippen LogP contribution >= 0.6 is 0 Å². The molecule has 1 heteroatoms.